The van der Waals surface area contributed by atoms with Gasteiger partial charge >= 0.3 is 0 Å². The number of nitrogens with zero attached hydrogens (tertiary/aromatic N) is 3. The highest BCUT2D eigenvalue weighted by Gasteiger charge is 2.21. The van der Waals surface area contributed by atoms with E-state index in [1.54, 1.807) is 42.5 Å². The second-order valence-electron chi connectivity index (χ2n) is 7.48. The van der Waals surface area contributed by atoms with E-state index in [9.17, 15) is 9.59 Å². The summed E-state index contributed by atoms with van der Waals surface area (Å²) in [6.45, 7) is 4.01. The average molecular weight is 410 g/mol. The molecule has 2 heterocycles. The molecule has 0 saturated heterocycles. The van der Waals surface area contributed by atoms with Crippen molar-refractivity contribution >= 4 is 34.5 Å². The molecule has 1 aromatic carbocycles. The Morgan fingerprint density at radius 1 is 1.21 bits per heavy atom. The number of aromatic nitrogens is 3. The Hall–Kier alpha value is -3.00. The second kappa shape index (κ2) is 8.16. The summed E-state index contributed by atoms with van der Waals surface area (Å²) >= 11 is 1.60. The van der Waals surface area contributed by atoms with Crippen molar-refractivity contribution in [1.82, 2.24) is 14.8 Å². The molecule has 0 radical (unpaired) electrons. The lowest BCUT2D eigenvalue weighted by Gasteiger charge is -2.16. The standard InChI is InChI=1S/C21H23N5O2S/c1-13-3-8-18-15(9-13)10-19(29-18)21(28)25-17-6-4-16(5-7-17)24-20(27)14(2)26-12-22-11-23-26/h4-7,10-14H,3,8-9H2,1-2H3,(H,24,27)(H,25,28). The number of nitrogens with one attached hydrogen (secondary N) is 2. The van der Waals surface area contributed by atoms with Crippen LogP contribution >= 0.6 is 11.3 Å². The number of benzene rings is 1. The van der Waals surface area contributed by atoms with Gasteiger partial charge in [-0.25, -0.2) is 9.67 Å². The topological polar surface area (TPSA) is 88.9 Å². The molecule has 2 N–H and O–H groups in total. The number of amides is 2. The van der Waals surface area contributed by atoms with Gasteiger partial charge in [0, 0.05) is 16.3 Å². The molecule has 7 nitrogen and oxygen atoms in total. The monoisotopic (exact) mass is 409 g/mol. The van der Waals surface area contributed by atoms with Crippen LogP contribution in [0.3, 0.4) is 0 Å². The Morgan fingerprint density at radius 3 is 2.62 bits per heavy atom. The largest absolute Gasteiger partial charge is 0.324 e. The van der Waals surface area contributed by atoms with E-state index in [1.165, 1.54) is 34.2 Å². The van der Waals surface area contributed by atoms with Gasteiger partial charge in [0.15, 0.2) is 0 Å². The third-order valence-electron chi connectivity index (χ3n) is 5.18. The number of aryl methyl sites for hydroxylation is 1. The van der Waals surface area contributed by atoms with Crippen LogP contribution in [0.5, 0.6) is 0 Å². The first-order valence-electron chi connectivity index (χ1n) is 9.67. The first kappa shape index (κ1) is 19.3. The number of carbonyl (C=O) groups excluding carboxylic acids is 2. The zero-order chi connectivity index (χ0) is 20.4. The van der Waals surface area contributed by atoms with Gasteiger partial charge in [-0.05, 0) is 68.0 Å². The Bertz CT molecular complexity index is 1010. The summed E-state index contributed by atoms with van der Waals surface area (Å²) in [5.41, 5.74) is 2.66. The lowest BCUT2D eigenvalue weighted by atomic mass is 9.90. The molecule has 8 heteroatoms. The van der Waals surface area contributed by atoms with Crippen LogP contribution in [0.25, 0.3) is 0 Å². The van der Waals surface area contributed by atoms with Crippen molar-refractivity contribution in [2.24, 2.45) is 5.92 Å². The van der Waals surface area contributed by atoms with Crippen LogP contribution in [0, 0.1) is 5.92 Å². The highest BCUT2D eigenvalue weighted by Crippen LogP contribution is 2.32. The van der Waals surface area contributed by atoms with Crippen LogP contribution in [0.1, 0.15) is 46.4 Å². The number of hydrogen-bond donors (Lipinski definition) is 2. The second-order valence-corrected chi connectivity index (χ2v) is 8.62. The van der Waals surface area contributed by atoms with Crippen LogP contribution in [-0.4, -0.2) is 26.6 Å². The number of rotatable bonds is 5. The SMILES string of the molecule is CC1CCc2sc(C(=O)Nc3ccc(NC(=O)C(C)n4cncn4)cc3)cc2C1. The van der Waals surface area contributed by atoms with Crippen molar-refractivity contribution in [2.75, 3.05) is 10.6 Å². The van der Waals surface area contributed by atoms with Gasteiger partial charge in [-0.15, -0.1) is 11.3 Å². The third-order valence-corrected chi connectivity index (χ3v) is 6.41. The summed E-state index contributed by atoms with van der Waals surface area (Å²) < 4.78 is 1.49. The van der Waals surface area contributed by atoms with E-state index in [2.05, 4.69) is 27.6 Å². The smallest absolute Gasteiger partial charge is 0.265 e. The molecule has 2 unspecified atom stereocenters. The minimum Gasteiger partial charge on any atom is -0.324 e. The van der Waals surface area contributed by atoms with Crippen LogP contribution in [0.15, 0.2) is 43.0 Å². The summed E-state index contributed by atoms with van der Waals surface area (Å²) in [6.07, 6.45) is 6.21. The molecule has 0 aliphatic heterocycles. The minimum absolute atomic E-state index is 0.0892. The lowest BCUT2D eigenvalue weighted by Crippen LogP contribution is -2.24. The van der Waals surface area contributed by atoms with Crippen molar-refractivity contribution < 1.29 is 9.59 Å². The molecule has 1 aliphatic rings. The van der Waals surface area contributed by atoms with Gasteiger partial charge in [-0.3, -0.25) is 9.59 Å². The number of carbonyl (C=O) groups is 2. The van der Waals surface area contributed by atoms with Crippen LogP contribution in [-0.2, 0) is 17.6 Å². The van der Waals surface area contributed by atoms with Crippen molar-refractivity contribution in [3.63, 3.8) is 0 Å². The normalized spacial score (nSPS) is 16.7. The van der Waals surface area contributed by atoms with Gasteiger partial charge in [-0.2, -0.15) is 5.10 Å². The first-order chi connectivity index (χ1) is 14.0. The molecule has 2 atom stereocenters. The van der Waals surface area contributed by atoms with Gasteiger partial charge < -0.3 is 10.6 Å². The van der Waals surface area contributed by atoms with Crippen molar-refractivity contribution in [3.05, 3.63) is 58.3 Å². The highest BCUT2D eigenvalue weighted by atomic mass is 32.1. The summed E-state index contributed by atoms with van der Waals surface area (Å²) in [6, 6.07) is 8.66. The maximum Gasteiger partial charge on any atom is 0.265 e. The van der Waals surface area contributed by atoms with Crippen LogP contribution in [0.2, 0.25) is 0 Å². The molecular formula is C21H23N5O2S. The van der Waals surface area contributed by atoms with Crippen LogP contribution < -0.4 is 10.6 Å². The molecule has 3 aromatic rings. The number of hydrogen-bond acceptors (Lipinski definition) is 5. The van der Waals surface area contributed by atoms with E-state index < -0.39 is 6.04 Å². The molecule has 4 rings (SSSR count). The number of thiophene rings is 1. The summed E-state index contributed by atoms with van der Waals surface area (Å²) in [7, 11) is 0. The molecule has 0 fully saturated rings. The molecular weight excluding hydrogens is 386 g/mol. The Morgan fingerprint density at radius 2 is 1.93 bits per heavy atom. The molecule has 2 aromatic heterocycles. The quantitative estimate of drug-likeness (QED) is 0.668. The predicted molar refractivity (Wildman–Crippen MR) is 113 cm³/mol. The van der Waals surface area contributed by atoms with Gasteiger partial charge in [-0.1, -0.05) is 6.92 Å². The molecule has 2 amide bonds. The average Bonchev–Trinajstić information content (AvgIpc) is 3.38. The fraction of sp³-hybridized carbons (Fsp3) is 0.333. The maximum atomic E-state index is 12.6. The molecule has 1 aliphatic carbocycles. The van der Waals surface area contributed by atoms with Gasteiger partial charge in [0.05, 0.1) is 4.88 Å². The van der Waals surface area contributed by atoms with E-state index in [-0.39, 0.29) is 11.8 Å². The number of fused-ring (bicyclic) bond motifs is 1. The minimum atomic E-state index is -0.468. The van der Waals surface area contributed by atoms with Crippen molar-refractivity contribution in [2.45, 2.75) is 39.2 Å². The molecule has 0 bridgehead atoms. The Balaban J connectivity index is 1.37. The molecule has 0 saturated carbocycles. The predicted octanol–water partition coefficient (Wildman–Crippen LogP) is 3.92. The van der Waals surface area contributed by atoms with Crippen molar-refractivity contribution in [3.8, 4) is 0 Å². The Labute approximate surface area is 173 Å². The fourth-order valence-corrected chi connectivity index (χ4v) is 4.54. The summed E-state index contributed by atoms with van der Waals surface area (Å²) in [5, 5.41) is 9.76. The van der Waals surface area contributed by atoms with E-state index in [0.29, 0.717) is 17.3 Å². The zero-order valence-corrected chi connectivity index (χ0v) is 17.2. The summed E-state index contributed by atoms with van der Waals surface area (Å²) in [4.78, 5) is 30.9. The van der Waals surface area contributed by atoms with Crippen molar-refractivity contribution in [1.29, 1.82) is 0 Å². The van der Waals surface area contributed by atoms with E-state index in [4.69, 9.17) is 0 Å². The van der Waals surface area contributed by atoms with Gasteiger partial charge in [0.25, 0.3) is 5.91 Å². The highest BCUT2D eigenvalue weighted by molar-refractivity contribution is 7.14. The molecule has 150 valence electrons. The maximum absolute atomic E-state index is 12.6. The Kier molecular flexibility index (Phi) is 5.44. The lowest BCUT2D eigenvalue weighted by molar-refractivity contribution is -0.119. The van der Waals surface area contributed by atoms with E-state index in [1.807, 2.05) is 6.07 Å². The van der Waals surface area contributed by atoms with E-state index >= 15 is 0 Å². The third kappa shape index (κ3) is 4.37. The van der Waals surface area contributed by atoms with Gasteiger partial charge in [0.2, 0.25) is 5.91 Å². The van der Waals surface area contributed by atoms with E-state index in [0.717, 1.165) is 17.7 Å². The summed E-state index contributed by atoms with van der Waals surface area (Å²) in [5.74, 6) is 0.405. The first-order valence-corrected chi connectivity index (χ1v) is 10.5. The number of anilines is 2. The van der Waals surface area contributed by atoms with Crippen LogP contribution in [0.4, 0.5) is 11.4 Å². The zero-order valence-electron chi connectivity index (χ0n) is 16.4. The van der Waals surface area contributed by atoms with Gasteiger partial charge in [0.1, 0.15) is 18.7 Å². The fourth-order valence-electron chi connectivity index (χ4n) is 3.43. The molecule has 29 heavy (non-hydrogen) atoms. The molecule has 0 spiro atoms.